The molecule has 1 aliphatic heterocycles. The Balaban J connectivity index is 1.77. The first-order valence-corrected chi connectivity index (χ1v) is 7.23. The van der Waals surface area contributed by atoms with Crippen molar-refractivity contribution in [1.82, 2.24) is 15.1 Å². The van der Waals surface area contributed by atoms with Crippen molar-refractivity contribution in [1.29, 1.82) is 0 Å². The van der Waals surface area contributed by atoms with Gasteiger partial charge in [-0.25, -0.2) is 0 Å². The van der Waals surface area contributed by atoms with Crippen LogP contribution in [0.2, 0.25) is 0 Å². The number of hydrogen-bond donors (Lipinski definition) is 0. The van der Waals surface area contributed by atoms with Crippen molar-refractivity contribution < 1.29 is 4.74 Å². The average Bonchev–Trinajstić information content (AvgIpc) is 2.96. The van der Waals surface area contributed by atoms with Gasteiger partial charge >= 0.3 is 0 Å². The molecule has 0 bridgehead atoms. The first-order valence-electron chi connectivity index (χ1n) is 6.41. The fourth-order valence-corrected chi connectivity index (χ4v) is 3.05. The molecule has 5 nitrogen and oxygen atoms in total. The van der Waals surface area contributed by atoms with Gasteiger partial charge in [-0.05, 0) is 25.8 Å². The third-order valence-corrected chi connectivity index (χ3v) is 4.31. The molecule has 0 radical (unpaired) electrons. The highest BCUT2D eigenvalue weighted by molar-refractivity contribution is 7.15. The lowest BCUT2D eigenvalue weighted by molar-refractivity contribution is 0.159. The molecule has 102 valence electrons. The van der Waals surface area contributed by atoms with Crippen LogP contribution in [0.15, 0.2) is 0 Å². The Bertz CT molecular complexity index is 371. The maximum atomic E-state index is 5.12. The van der Waals surface area contributed by atoms with Crippen molar-refractivity contribution in [2.45, 2.75) is 13.3 Å². The van der Waals surface area contributed by atoms with E-state index in [0.29, 0.717) is 0 Å². The van der Waals surface area contributed by atoms with Gasteiger partial charge in [-0.1, -0.05) is 11.3 Å². The summed E-state index contributed by atoms with van der Waals surface area (Å²) in [6.45, 7) is 7.31. The van der Waals surface area contributed by atoms with Crippen molar-refractivity contribution >= 4 is 16.5 Å². The second kappa shape index (κ2) is 6.45. The van der Waals surface area contributed by atoms with Crippen molar-refractivity contribution in [3.05, 3.63) is 5.01 Å². The van der Waals surface area contributed by atoms with Gasteiger partial charge in [-0.15, -0.1) is 10.2 Å². The Morgan fingerprint density at radius 2 is 2.33 bits per heavy atom. The van der Waals surface area contributed by atoms with Crippen molar-refractivity contribution in [3.63, 3.8) is 0 Å². The lowest BCUT2D eigenvalue weighted by atomic mass is 10.1. The Labute approximate surface area is 113 Å². The topological polar surface area (TPSA) is 41.5 Å². The zero-order chi connectivity index (χ0) is 13.0. The summed E-state index contributed by atoms with van der Waals surface area (Å²) >= 11 is 1.66. The van der Waals surface area contributed by atoms with Gasteiger partial charge in [-0.3, -0.25) is 0 Å². The van der Waals surface area contributed by atoms with E-state index in [1.807, 2.05) is 6.92 Å². The number of rotatable bonds is 6. The SMILES string of the molecule is COCCN1CC[C@H](CN(C)c2nnc(C)s2)C1. The molecule has 0 saturated carbocycles. The van der Waals surface area contributed by atoms with Crippen molar-refractivity contribution in [3.8, 4) is 0 Å². The molecule has 18 heavy (non-hydrogen) atoms. The van der Waals surface area contributed by atoms with Gasteiger partial charge in [0.1, 0.15) is 5.01 Å². The number of anilines is 1. The van der Waals surface area contributed by atoms with E-state index in [2.05, 4.69) is 27.0 Å². The lowest BCUT2D eigenvalue weighted by Crippen LogP contribution is -2.29. The van der Waals surface area contributed by atoms with Crippen molar-refractivity contribution in [2.75, 3.05) is 51.8 Å². The van der Waals surface area contributed by atoms with Crippen LogP contribution in [0.25, 0.3) is 0 Å². The van der Waals surface area contributed by atoms with Crippen LogP contribution in [0.1, 0.15) is 11.4 Å². The van der Waals surface area contributed by atoms with E-state index >= 15 is 0 Å². The number of aryl methyl sites for hydroxylation is 1. The number of aromatic nitrogens is 2. The summed E-state index contributed by atoms with van der Waals surface area (Å²) in [7, 11) is 3.87. The highest BCUT2D eigenvalue weighted by Gasteiger charge is 2.23. The second-order valence-corrected chi connectivity index (χ2v) is 6.09. The number of methoxy groups -OCH3 is 1. The number of nitrogens with zero attached hydrogens (tertiary/aromatic N) is 4. The van der Waals surface area contributed by atoms with E-state index < -0.39 is 0 Å². The van der Waals surface area contributed by atoms with Crippen LogP contribution >= 0.6 is 11.3 Å². The molecule has 1 aromatic rings. The monoisotopic (exact) mass is 270 g/mol. The first-order chi connectivity index (χ1) is 8.69. The molecule has 2 heterocycles. The fraction of sp³-hybridized carbons (Fsp3) is 0.833. The smallest absolute Gasteiger partial charge is 0.208 e. The summed E-state index contributed by atoms with van der Waals surface area (Å²) in [5.74, 6) is 0.732. The molecule has 0 N–H and O–H groups in total. The highest BCUT2D eigenvalue weighted by Crippen LogP contribution is 2.22. The normalized spacial score (nSPS) is 20.5. The van der Waals surface area contributed by atoms with E-state index in [-0.39, 0.29) is 0 Å². The molecule has 0 spiro atoms. The zero-order valence-electron chi connectivity index (χ0n) is 11.4. The molecule has 2 rings (SSSR count). The summed E-state index contributed by atoms with van der Waals surface area (Å²) in [4.78, 5) is 4.71. The predicted molar refractivity (Wildman–Crippen MR) is 74.3 cm³/mol. The number of hydrogen-bond acceptors (Lipinski definition) is 6. The van der Waals surface area contributed by atoms with Gasteiger partial charge < -0.3 is 14.5 Å². The molecule has 1 saturated heterocycles. The van der Waals surface area contributed by atoms with E-state index in [0.717, 1.165) is 35.8 Å². The van der Waals surface area contributed by atoms with Gasteiger partial charge in [0, 0.05) is 33.8 Å². The minimum Gasteiger partial charge on any atom is -0.383 e. The quantitative estimate of drug-likeness (QED) is 0.778. The minimum absolute atomic E-state index is 0.732. The fourth-order valence-electron chi connectivity index (χ4n) is 2.39. The van der Waals surface area contributed by atoms with Gasteiger partial charge in [0.2, 0.25) is 5.13 Å². The largest absolute Gasteiger partial charge is 0.383 e. The molecule has 1 aromatic heterocycles. The van der Waals surface area contributed by atoms with Gasteiger partial charge in [0.25, 0.3) is 0 Å². The van der Waals surface area contributed by atoms with E-state index in [1.165, 1.54) is 19.5 Å². The van der Waals surface area contributed by atoms with Crippen LogP contribution < -0.4 is 4.90 Å². The minimum atomic E-state index is 0.732. The molecule has 0 unspecified atom stereocenters. The van der Waals surface area contributed by atoms with E-state index in [9.17, 15) is 0 Å². The van der Waals surface area contributed by atoms with Crippen LogP contribution in [0.4, 0.5) is 5.13 Å². The summed E-state index contributed by atoms with van der Waals surface area (Å²) in [6.07, 6.45) is 1.27. The lowest BCUT2D eigenvalue weighted by Gasteiger charge is -2.20. The molecule has 1 atom stereocenters. The first kappa shape index (κ1) is 13.7. The molecule has 1 aliphatic rings. The van der Waals surface area contributed by atoms with Crippen LogP contribution in [0, 0.1) is 12.8 Å². The zero-order valence-corrected chi connectivity index (χ0v) is 12.2. The third kappa shape index (κ3) is 3.63. The summed E-state index contributed by atoms with van der Waals surface area (Å²) < 4.78 is 5.12. The van der Waals surface area contributed by atoms with Gasteiger partial charge in [0.15, 0.2) is 0 Å². The van der Waals surface area contributed by atoms with Crippen LogP contribution in [0.3, 0.4) is 0 Å². The van der Waals surface area contributed by atoms with Gasteiger partial charge in [-0.2, -0.15) is 0 Å². The van der Waals surface area contributed by atoms with E-state index in [4.69, 9.17) is 4.74 Å². The van der Waals surface area contributed by atoms with Gasteiger partial charge in [0.05, 0.1) is 6.61 Å². The maximum Gasteiger partial charge on any atom is 0.208 e. The van der Waals surface area contributed by atoms with Crippen LogP contribution in [-0.2, 0) is 4.74 Å². The molecule has 0 amide bonds. The van der Waals surface area contributed by atoms with Crippen LogP contribution in [-0.4, -0.2) is 62.0 Å². The Hall–Kier alpha value is -0.720. The summed E-state index contributed by atoms with van der Waals surface area (Å²) in [5.41, 5.74) is 0. The Morgan fingerprint density at radius 3 is 3.00 bits per heavy atom. The molecular weight excluding hydrogens is 248 g/mol. The molecule has 1 fully saturated rings. The molecular formula is C12H22N4OS. The average molecular weight is 270 g/mol. The van der Waals surface area contributed by atoms with Crippen LogP contribution in [0.5, 0.6) is 0 Å². The Morgan fingerprint density at radius 1 is 1.50 bits per heavy atom. The standard InChI is InChI=1S/C12H22N4OS/c1-10-13-14-12(18-10)15(2)8-11-4-5-16(9-11)6-7-17-3/h11H,4-9H2,1-3H3/t11-/m1/s1. The summed E-state index contributed by atoms with van der Waals surface area (Å²) in [5, 5.41) is 10.3. The number of ether oxygens (including phenoxy) is 1. The number of likely N-dealkylation sites (tertiary alicyclic amines) is 1. The highest BCUT2D eigenvalue weighted by atomic mass is 32.1. The summed E-state index contributed by atoms with van der Waals surface area (Å²) in [6, 6.07) is 0. The maximum absolute atomic E-state index is 5.12. The Kier molecular flexibility index (Phi) is 4.91. The van der Waals surface area contributed by atoms with E-state index in [1.54, 1.807) is 18.4 Å². The molecule has 0 aliphatic carbocycles. The molecule has 6 heteroatoms. The van der Waals surface area contributed by atoms with Crippen molar-refractivity contribution in [2.24, 2.45) is 5.92 Å². The predicted octanol–water partition coefficient (Wildman–Crippen LogP) is 1.25. The third-order valence-electron chi connectivity index (χ3n) is 3.36. The second-order valence-electron chi connectivity index (χ2n) is 4.93. The molecule has 0 aromatic carbocycles.